The quantitative estimate of drug-likeness (QED) is 0.404. The van der Waals surface area contributed by atoms with Crippen molar-refractivity contribution < 1.29 is 28.9 Å². The van der Waals surface area contributed by atoms with Crippen molar-refractivity contribution in [1.29, 1.82) is 0 Å². The van der Waals surface area contributed by atoms with E-state index in [9.17, 15) is 14.7 Å². The number of carbonyl (C=O) groups is 2. The van der Waals surface area contributed by atoms with Gasteiger partial charge in [0.25, 0.3) is 0 Å². The predicted octanol–water partition coefficient (Wildman–Crippen LogP) is 5.61. The van der Waals surface area contributed by atoms with Crippen molar-refractivity contribution in [3.63, 3.8) is 0 Å². The van der Waals surface area contributed by atoms with Gasteiger partial charge in [-0.1, -0.05) is 27.7 Å². The van der Waals surface area contributed by atoms with Gasteiger partial charge in [-0.05, 0) is 132 Å². The molecule has 7 heteroatoms. The highest BCUT2D eigenvalue weighted by Gasteiger charge is 2.84. The highest BCUT2D eigenvalue weighted by Crippen LogP contribution is 2.89. The van der Waals surface area contributed by atoms with Crippen molar-refractivity contribution in [1.82, 2.24) is 4.90 Å². The molecule has 5 aliphatic carbocycles. The van der Waals surface area contributed by atoms with Crippen LogP contribution in [0, 0.1) is 51.2 Å². The minimum atomic E-state index is -1.15. The lowest BCUT2D eigenvalue weighted by atomic mass is 9.46. The first-order chi connectivity index (χ1) is 19.5. The lowest BCUT2D eigenvalue weighted by molar-refractivity contribution is -0.200. The normalized spacial score (nSPS) is 47.7. The minimum Gasteiger partial charge on any atom is -0.461 e. The molecule has 12 unspecified atom stereocenters. The molecule has 1 aliphatic heterocycles. The standard InChI is InChI=1S/C35H57NO6/c1-20-34-17-16-33(7)23-10-12-25(30(32(5,6)39)40-21(2)37)41-26(23)18-24(33)22(34)11-13-27-31(3,4)28(14-15-35(20,27)34)42-29(38)19-36(8)9/h20,22-28,30,39H,10-19H2,1-9H3. The summed E-state index contributed by atoms with van der Waals surface area (Å²) in [7, 11) is 3.85. The van der Waals surface area contributed by atoms with Crippen LogP contribution in [0.5, 0.6) is 0 Å². The molecular weight excluding hydrogens is 530 g/mol. The minimum absolute atomic E-state index is 0.00328. The van der Waals surface area contributed by atoms with Crippen molar-refractivity contribution in [2.45, 2.75) is 136 Å². The monoisotopic (exact) mass is 587 g/mol. The van der Waals surface area contributed by atoms with Gasteiger partial charge in [0.15, 0.2) is 6.10 Å². The maximum Gasteiger partial charge on any atom is 0.320 e. The van der Waals surface area contributed by atoms with E-state index in [1.807, 2.05) is 19.0 Å². The van der Waals surface area contributed by atoms with Gasteiger partial charge in [0, 0.05) is 12.3 Å². The number of rotatable bonds is 6. The molecule has 0 amide bonds. The Morgan fingerprint density at radius 2 is 1.67 bits per heavy atom. The molecule has 1 saturated heterocycles. The van der Waals surface area contributed by atoms with Gasteiger partial charge in [-0.2, -0.15) is 0 Å². The smallest absolute Gasteiger partial charge is 0.320 e. The fourth-order valence-electron chi connectivity index (χ4n) is 12.8. The second-order valence-electron chi connectivity index (χ2n) is 17.0. The molecule has 0 aromatic carbocycles. The summed E-state index contributed by atoms with van der Waals surface area (Å²) in [6, 6.07) is 0. The van der Waals surface area contributed by atoms with Gasteiger partial charge in [-0.3, -0.25) is 14.5 Å². The molecule has 7 nitrogen and oxygen atoms in total. The first-order valence-corrected chi connectivity index (χ1v) is 16.9. The van der Waals surface area contributed by atoms with E-state index in [0.717, 1.165) is 31.6 Å². The Hall–Kier alpha value is -1.18. The number of hydrogen-bond donors (Lipinski definition) is 1. The molecule has 238 valence electrons. The first-order valence-electron chi connectivity index (χ1n) is 16.9. The Labute approximate surface area is 253 Å². The third-order valence-corrected chi connectivity index (χ3v) is 14.3. The maximum absolute atomic E-state index is 12.7. The third-order valence-electron chi connectivity index (χ3n) is 14.3. The van der Waals surface area contributed by atoms with Crippen molar-refractivity contribution in [3.05, 3.63) is 0 Å². The molecule has 6 rings (SSSR count). The predicted molar refractivity (Wildman–Crippen MR) is 160 cm³/mol. The number of hydrogen-bond acceptors (Lipinski definition) is 7. The van der Waals surface area contributed by atoms with Crippen molar-refractivity contribution in [2.75, 3.05) is 20.6 Å². The van der Waals surface area contributed by atoms with E-state index >= 15 is 0 Å². The molecule has 1 N–H and O–H groups in total. The molecule has 5 saturated carbocycles. The first kappa shape index (κ1) is 30.8. The van der Waals surface area contributed by atoms with E-state index in [4.69, 9.17) is 14.2 Å². The van der Waals surface area contributed by atoms with Crippen LogP contribution in [0.4, 0.5) is 0 Å². The van der Waals surface area contributed by atoms with Crippen molar-refractivity contribution in [2.24, 2.45) is 51.2 Å². The highest BCUT2D eigenvalue weighted by molar-refractivity contribution is 5.71. The molecule has 0 aromatic heterocycles. The van der Waals surface area contributed by atoms with Crippen LogP contribution in [0.3, 0.4) is 0 Å². The molecule has 2 spiro atoms. The lowest BCUT2D eigenvalue weighted by Crippen LogP contribution is -2.55. The summed E-state index contributed by atoms with van der Waals surface area (Å²) >= 11 is 0. The highest BCUT2D eigenvalue weighted by atomic mass is 16.6. The second-order valence-corrected chi connectivity index (χ2v) is 17.0. The molecule has 0 aromatic rings. The SMILES string of the molecule is CC(=O)OC(C1CCC2C(CC3C4CCC5C(C)(C)C(OC(=O)CN(C)C)CCC56C(C)C46CCC23C)O1)C(C)(C)O. The Bertz CT molecular complexity index is 1100. The fourth-order valence-corrected chi connectivity index (χ4v) is 12.8. The summed E-state index contributed by atoms with van der Waals surface area (Å²) in [6.45, 7) is 15.1. The zero-order valence-electron chi connectivity index (χ0n) is 27.7. The number of fused-ring (bicyclic) bond motifs is 4. The van der Waals surface area contributed by atoms with Gasteiger partial charge in [0.2, 0.25) is 0 Å². The van der Waals surface area contributed by atoms with Crippen LogP contribution in [0.1, 0.15) is 106 Å². The summed E-state index contributed by atoms with van der Waals surface area (Å²) in [6.07, 6.45) is 9.48. The van der Waals surface area contributed by atoms with Crippen LogP contribution in [0.2, 0.25) is 0 Å². The average Bonchev–Trinajstić information content (AvgIpc) is 3.25. The number of nitrogens with zero attached hydrogens (tertiary/aromatic N) is 1. The molecule has 0 bridgehead atoms. The van der Waals surface area contributed by atoms with E-state index in [1.165, 1.54) is 39.0 Å². The summed E-state index contributed by atoms with van der Waals surface area (Å²) in [4.78, 5) is 26.5. The molecule has 12 atom stereocenters. The third kappa shape index (κ3) is 4.21. The van der Waals surface area contributed by atoms with Crippen LogP contribution in [-0.4, -0.2) is 72.6 Å². The summed E-state index contributed by atoms with van der Waals surface area (Å²) < 4.78 is 18.7. The number of carbonyl (C=O) groups excluding carboxylic acids is 2. The largest absolute Gasteiger partial charge is 0.461 e. The number of ether oxygens (including phenoxy) is 3. The molecule has 6 fully saturated rings. The average molecular weight is 588 g/mol. The summed E-state index contributed by atoms with van der Waals surface area (Å²) in [5, 5.41) is 10.9. The van der Waals surface area contributed by atoms with E-state index < -0.39 is 11.7 Å². The molecule has 6 aliphatic rings. The molecule has 0 radical (unpaired) electrons. The topological polar surface area (TPSA) is 85.3 Å². The van der Waals surface area contributed by atoms with Crippen LogP contribution in [0.25, 0.3) is 0 Å². The number of likely N-dealkylation sites (N-methyl/N-ethyl adjacent to an activating group) is 1. The van der Waals surface area contributed by atoms with E-state index in [0.29, 0.717) is 41.0 Å². The van der Waals surface area contributed by atoms with Crippen molar-refractivity contribution >= 4 is 11.9 Å². The zero-order valence-corrected chi connectivity index (χ0v) is 27.7. The van der Waals surface area contributed by atoms with E-state index in [2.05, 4.69) is 27.7 Å². The number of aliphatic hydroxyl groups is 1. The lowest BCUT2D eigenvalue weighted by Gasteiger charge is -2.59. The van der Waals surface area contributed by atoms with E-state index in [-0.39, 0.29) is 41.1 Å². The summed E-state index contributed by atoms with van der Waals surface area (Å²) in [5.41, 5.74) is -0.127. The van der Waals surface area contributed by atoms with Crippen molar-refractivity contribution in [3.8, 4) is 0 Å². The molecular formula is C35H57NO6. The number of esters is 2. The Morgan fingerprint density at radius 3 is 2.31 bits per heavy atom. The van der Waals surface area contributed by atoms with Crippen LogP contribution < -0.4 is 0 Å². The van der Waals surface area contributed by atoms with E-state index in [1.54, 1.807) is 13.8 Å². The van der Waals surface area contributed by atoms with Crippen LogP contribution >= 0.6 is 0 Å². The summed E-state index contributed by atoms with van der Waals surface area (Å²) in [5.74, 6) is 2.74. The Morgan fingerprint density at radius 1 is 0.976 bits per heavy atom. The van der Waals surface area contributed by atoms with Gasteiger partial charge < -0.3 is 19.3 Å². The van der Waals surface area contributed by atoms with Gasteiger partial charge >= 0.3 is 11.9 Å². The van der Waals surface area contributed by atoms with Crippen LogP contribution in [0.15, 0.2) is 0 Å². The molecule has 42 heavy (non-hydrogen) atoms. The van der Waals surface area contributed by atoms with Gasteiger partial charge in [0.05, 0.1) is 24.4 Å². The van der Waals surface area contributed by atoms with Gasteiger partial charge in [0.1, 0.15) is 6.10 Å². The van der Waals surface area contributed by atoms with Gasteiger partial charge in [-0.15, -0.1) is 0 Å². The Kier molecular flexibility index (Phi) is 7.27. The zero-order chi connectivity index (χ0) is 30.6. The van der Waals surface area contributed by atoms with Crippen LogP contribution in [-0.2, 0) is 23.8 Å². The maximum atomic E-state index is 12.7. The fraction of sp³-hybridized carbons (Fsp3) is 0.943. The van der Waals surface area contributed by atoms with Gasteiger partial charge in [-0.25, -0.2) is 0 Å². The second kappa shape index (κ2) is 9.91. The molecule has 1 heterocycles. The Balaban J connectivity index is 1.22.